The highest BCUT2D eigenvalue weighted by atomic mass is 16.5. The molecule has 1 unspecified atom stereocenters. The van der Waals surface area contributed by atoms with Gasteiger partial charge < -0.3 is 9.84 Å². The van der Waals surface area contributed by atoms with Gasteiger partial charge in [-0.3, -0.25) is 0 Å². The van der Waals surface area contributed by atoms with E-state index in [1.165, 1.54) is 14.0 Å². The Morgan fingerprint density at radius 2 is 1.92 bits per heavy atom. The molecule has 0 aliphatic rings. The molecule has 1 rings (SSSR count). The molecule has 0 heterocycles. The van der Waals surface area contributed by atoms with Crippen molar-refractivity contribution in [3.63, 3.8) is 0 Å². The van der Waals surface area contributed by atoms with Crippen molar-refractivity contribution in [1.29, 1.82) is 0 Å². The first-order chi connectivity index (χ1) is 6.09. The Bertz CT molecular complexity index is 290. The fraction of sp³-hybridized carbons (Fsp3) is 0.300. The zero-order valence-corrected chi connectivity index (χ0v) is 7.65. The Hall–Kier alpha value is -1.35. The minimum Gasteiger partial charge on any atom is -0.467 e. The first-order valence-electron chi connectivity index (χ1n) is 3.95. The van der Waals surface area contributed by atoms with E-state index in [-0.39, 0.29) is 0 Å². The number of hydrogen-bond acceptors (Lipinski definition) is 3. The van der Waals surface area contributed by atoms with Crippen molar-refractivity contribution in [3.05, 3.63) is 35.9 Å². The summed E-state index contributed by atoms with van der Waals surface area (Å²) in [6.45, 7) is 1.41. The van der Waals surface area contributed by atoms with Crippen molar-refractivity contribution in [2.75, 3.05) is 7.11 Å². The Morgan fingerprint density at radius 3 is 2.38 bits per heavy atom. The first kappa shape index (κ1) is 9.74. The molecule has 0 aliphatic heterocycles. The second-order valence-corrected chi connectivity index (χ2v) is 2.93. The van der Waals surface area contributed by atoms with Crippen LogP contribution in [0.4, 0.5) is 0 Å². The third-order valence-corrected chi connectivity index (χ3v) is 1.92. The summed E-state index contributed by atoms with van der Waals surface area (Å²) in [5.74, 6) is -0.654. The van der Waals surface area contributed by atoms with Crippen LogP contribution in [0.5, 0.6) is 0 Å². The summed E-state index contributed by atoms with van der Waals surface area (Å²) in [5, 5.41) is 9.78. The van der Waals surface area contributed by atoms with Crippen LogP contribution in [-0.2, 0) is 15.1 Å². The molecule has 1 atom stereocenters. The largest absolute Gasteiger partial charge is 0.467 e. The topological polar surface area (TPSA) is 46.5 Å². The van der Waals surface area contributed by atoms with Crippen LogP contribution in [0.1, 0.15) is 12.5 Å². The van der Waals surface area contributed by atoms with E-state index in [2.05, 4.69) is 4.74 Å². The third-order valence-electron chi connectivity index (χ3n) is 1.92. The summed E-state index contributed by atoms with van der Waals surface area (Å²) in [7, 11) is 1.25. The molecule has 0 saturated carbocycles. The number of carbonyl (C=O) groups is 1. The quantitative estimate of drug-likeness (QED) is 0.692. The highest BCUT2D eigenvalue weighted by molar-refractivity contribution is 5.80. The maximum absolute atomic E-state index is 11.2. The first-order valence-corrected chi connectivity index (χ1v) is 3.95. The number of benzene rings is 1. The lowest BCUT2D eigenvalue weighted by molar-refractivity contribution is -0.161. The Labute approximate surface area is 77.0 Å². The molecule has 0 radical (unpaired) electrons. The summed E-state index contributed by atoms with van der Waals surface area (Å²) >= 11 is 0. The molecule has 1 aromatic carbocycles. The molecule has 0 aliphatic carbocycles. The SMILES string of the molecule is COC(=O)C(C)(O)c1ccccc1. The van der Waals surface area contributed by atoms with Gasteiger partial charge in [-0.05, 0) is 12.5 Å². The van der Waals surface area contributed by atoms with Crippen molar-refractivity contribution < 1.29 is 14.6 Å². The van der Waals surface area contributed by atoms with Crippen molar-refractivity contribution in [2.24, 2.45) is 0 Å². The van der Waals surface area contributed by atoms with Gasteiger partial charge in [-0.25, -0.2) is 4.79 Å². The van der Waals surface area contributed by atoms with Crippen LogP contribution in [0.3, 0.4) is 0 Å². The minimum atomic E-state index is -1.56. The molecule has 0 aromatic heterocycles. The second-order valence-electron chi connectivity index (χ2n) is 2.93. The van der Waals surface area contributed by atoms with E-state index in [1.54, 1.807) is 24.3 Å². The molecule has 0 saturated heterocycles. The predicted molar refractivity (Wildman–Crippen MR) is 48.0 cm³/mol. The van der Waals surface area contributed by atoms with Gasteiger partial charge in [0.25, 0.3) is 0 Å². The van der Waals surface area contributed by atoms with Gasteiger partial charge >= 0.3 is 5.97 Å². The van der Waals surface area contributed by atoms with E-state index in [0.29, 0.717) is 5.56 Å². The van der Waals surface area contributed by atoms with Crippen LogP contribution in [0.15, 0.2) is 30.3 Å². The molecule has 1 N–H and O–H groups in total. The van der Waals surface area contributed by atoms with Gasteiger partial charge in [-0.1, -0.05) is 30.3 Å². The molecule has 1 aromatic rings. The van der Waals surface area contributed by atoms with Gasteiger partial charge in [-0.15, -0.1) is 0 Å². The smallest absolute Gasteiger partial charge is 0.342 e. The van der Waals surface area contributed by atoms with Crippen LogP contribution >= 0.6 is 0 Å². The number of aliphatic hydroxyl groups is 1. The molecule has 70 valence electrons. The number of rotatable bonds is 2. The molecule has 3 heteroatoms. The summed E-state index contributed by atoms with van der Waals surface area (Å²) in [4.78, 5) is 11.2. The van der Waals surface area contributed by atoms with Crippen LogP contribution < -0.4 is 0 Å². The Balaban J connectivity index is 3.00. The van der Waals surface area contributed by atoms with Crippen molar-refractivity contribution >= 4 is 5.97 Å². The normalized spacial score (nSPS) is 14.7. The van der Waals surface area contributed by atoms with Crippen LogP contribution in [0.2, 0.25) is 0 Å². The average molecular weight is 180 g/mol. The number of ether oxygens (including phenoxy) is 1. The van der Waals surface area contributed by atoms with Crippen LogP contribution in [0.25, 0.3) is 0 Å². The van der Waals surface area contributed by atoms with E-state index in [4.69, 9.17) is 0 Å². The average Bonchev–Trinajstić information content (AvgIpc) is 2.18. The standard InChI is InChI=1S/C10H12O3/c1-10(12,9(11)13-2)8-6-4-3-5-7-8/h3-7,12H,1-2H3. The minimum absolute atomic E-state index is 0.529. The lowest BCUT2D eigenvalue weighted by Crippen LogP contribution is -2.33. The summed E-state index contributed by atoms with van der Waals surface area (Å²) < 4.78 is 4.48. The molecule has 13 heavy (non-hydrogen) atoms. The molecular formula is C10H12O3. The van der Waals surface area contributed by atoms with Gasteiger partial charge in [0.05, 0.1) is 7.11 Å². The fourth-order valence-electron chi connectivity index (χ4n) is 1.08. The van der Waals surface area contributed by atoms with E-state index in [1.807, 2.05) is 6.07 Å². The maximum Gasteiger partial charge on any atom is 0.342 e. The summed E-state index contributed by atoms with van der Waals surface area (Å²) in [6, 6.07) is 8.68. The molecule has 0 fully saturated rings. The van der Waals surface area contributed by atoms with Crippen molar-refractivity contribution in [1.82, 2.24) is 0 Å². The zero-order valence-electron chi connectivity index (χ0n) is 7.65. The highest BCUT2D eigenvalue weighted by Gasteiger charge is 2.33. The monoisotopic (exact) mass is 180 g/mol. The molecule has 0 spiro atoms. The number of methoxy groups -OCH3 is 1. The van der Waals surface area contributed by atoms with Gasteiger partial charge in [-0.2, -0.15) is 0 Å². The van der Waals surface area contributed by atoms with Gasteiger partial charge in [0.2, 0.25) is 0 Å². The van der Waals surface area contributed by atoms with Gasteiger partial charge in [0.1, 0.15) is 0 Å². The zero-order chi connectivity index (χ0) is 9.90. The predicted octanol–water partition coefficient (Wildman–Crippen LogP) is 1.07. The number of carbonyl (C=O) groups excluding carboxylic acids is 1. The maximum atomic E-state index is 11.2. The number of esters is 1. The summed E-state index contributed by atoms with van der Waals surface area (Å²) in [6.07, 6.45) is 0. The van der Waals surface area contributed by atoms with Crippen molar-refractivity contribution in [2.45, 2.75) is 12.5 Å². The molecular weight excluding hydrogens is 168 g/mol. The summed E-state index contributed by atoms with van der Waals surface area (Å²) in [5.41, 5.74) is -1.03. The number of hydrogen-bond donors (Lipinski definition) is 1. The lowest BCUT2D eigenvalue weighted by Gasteiger charge is -2.20. The lowest BCUT2D eigenvalue weighted by atomic mass is 9.96. The van der Waals surface area contributed by atoms with Gasteiger partial charge in [0, 0.05) is 0 Å². The van der Waals surface area contributed by atoms with E-state index in [0.717, 1.165) is 0 Å². The van der Waals surface area contributed by atoms with Gasteiger partial charge in [0.15, 0.2) is 5.60 Å². The Kier molecular flexibility index (Phi) is 2.68. The van der Waals surface area contributed by atoms with Crippen LogP contribution in [0, 0.1) is 0 Å². The second kappa shape index (κ2) is 3.58. The van der Waals surface area contributed by atoms with Crippen molar-refractivity contribution in [3.8, 4) is 0 Å². The van der Waals surface area contributed by atoms with E-state index < -0.39 is 11.6 Å². The Morgan fingerprint density at radius 1 is 1.38 bits per heavy atom. The van der Waals surface area contributed by atoms with E-state index >= 15 is 0 Å². The third kappa shape index (κ3) is 1.87. The van der Waals surface area contributed by atoms with E-state index in [9.17, 15) is 9.90 Å². The van der Waals surface area contributed by atoms with Crippen LogP contribution in [-0.4, -0.2) is 18.2 Å². The molecule has 0 bridgehead atoms. The fourth-order valence-corrected chi connectivity index (χ4v) is 1.08. The highest BCUT2D eigenvalue weighted by Crippen LogP contribution is 2.21. The molecule has 3 nitrogen and oxygen atoms in total. The molecule has 0 amide bonds.